The lowest BCUT2D eigenvalue weighted by Crippen LogP contribution is -1.96. The van der Waals surface area contributed by atoms with Crippen molar-refractivity contribution in [3.05, 3.63) is 71.0 Å². The molecule has 0 saturated heterocycles. The van der Waals surface area contributed by atoms with Crippen molar-refractivity contribution in [2.24, 2.45) is 0 Å². The molecule has 2 rings (SSSR count). The van der Waals surface area contributed by atoms with Crippen LogP contribution in [0.5, 0.6) is 0 Å². The first kappa shape index (κ1) is 11.3. The summed E-state index contributed by atoms with van der Waals surface area (Å²) in [5, 5.41) is 0. The van der Waals surface area contributed by atoms with Gasteiger partial charge in [-0.1, -0.05) is 64.0 Å². The van der Waals surface area contributed by atoms with E-state index in [0.717, 1.165) is 5.56 Å². The molecule has 0 aliphatic carbocycles. The zero-order chi connectivity index (χ0) is 11.5. The first-order valence-electron chi connectivity index (χ1n) is 5.13. The van der Waals surface area contributed by atoms with Gasteiger partial charge in [0.25, 0.3) is 0 Å². The smallest absolute Gasteiger partial charge is 0.127 e. The molecule has 0 saturated carbocycles. The topological polar surface area (TPSA) is 0 Å². The molecule has 0 radical (unpaired) electrons. The predicted octanol–water partition coefficient (Wildman–Crippen LogP) is 4.62. The van der Waals surface area contributed by atoms with E-state index in [1.165, 1.54) is 11.6 Å². The van der Waals surface area contributed by atoms with Gasteiger partial charge in [0.15, 0.2) is 0 Å². The summed E-state index contributed by atoms with van der Waals surface area (Å²) < 4.78 is 13.6. The molecular weight excluding hydrogens is 267 g/mol. The van der Waals surface area contributed by atoms with Crippen molar-refractivity contribution < 1.29 is 4.39 Å². The number of aryl methyl sites for hydroxylation is 1. The second-order valence-electron chi connectivity index (χ2n) is 3.79. The maximum absolute atomic E-state index is 13.6. The van der Waals surface area contributed by atoms with Crippen LogP contribution >= 0.6 is 15.9 Å². The Balaban J connectivity index is 2.35. The highest BCUT2D eigenvalue weighted by atomic mass is 79.9. The molecule has 0 aromatic heterocycles. The van der Waals surface area contributed by atoms with Gasteiger partial charge in [-0.2, -0.15) is 0 Å². The lowest BCUT2D eigenvalue weighted by Gasteiger charge is -2.11. The summed E-state index contributed by atoms with van der Waals surface area (Å²) in [6.45, 7) is 2.04. The molecule has 2 heteroatoms. The lowest BCUT2D eigenvalue weighted by atomic mass is 10.0. The van der Waals surface area contributed by atoms with Crippen LogP contribution in [-0.4, -0.2) is 0 Å². The van der Waals surface area contributed by atoms with Crippen LogP contribution in [0.15, 0.2) is 48.5 Å². The number of rotatable bonds is 2. The van der Waals surface area contributed by atoms with Gasteiger partial charge in [-0.3, -0.25) is 0 Å². The van der Waals surface area contributed by atoms with Crippen LogP contribution in [-0.2, 0) is 0 Å². The fourth-order valence-electron chi connectivity index (χ4n) is 1.60. The van der Waals surface area contributed by atoms with E-state index in [1.807, 2.05) is 37.3 Å². The maximum atomic E-state index is 13.6. The molecule has 0 nitrogen and oxygen atoms in total. The van der Waals surface area contributed by atoms with Crippen molar-refractivity contribution in [1.82, 2.24) is 0 Å². The maximum Gasteiger partial charge on any atom is 0.127 e. The van der Waals surface area contributed by atoms with Crippen molar-refractivity contribution in [2.45, 2.75) is 11.8 Å². The van der Waals surface area contributed by atoms with Gasteiger partial charge in [0.2, 0.25) is 0 Å². The minimum absolute atomic E-state index is 0.0886. The van der Waals surface area contributed by atoms with Gasteiger partial charge in [-0.05, 0) is 18.6 Å². The highest BCUT2D eigenvalue weighted by Gasteiger charge is 2.13. The van der Waals surface area contributed by atoms with Crippen molar-refractivity contribution in [3.63, 3.8) is 0 Å². The average molecular weight is 279 g/mol. The van der Waals surface area contributed by atoms with Gasteiger partial charge >= 0.3 is 0 Å². The second kappa shape index (κ2) is 4.79. The van der Waals surface area contributed by atoms with Crippen molar-refractivity contribution in [3.8, 4) is 0 Å². The summed E-state index contributed by atoms with van der Waals surface area (Å²) in [6, 6.07) is 14.9. The van der Waals surface area contributed by atoms with Crippen molar-refractivity contribution in [1.29, 1.82) is 0 Å². The summed E-state index contributed by atoms with van der Waals surface area (Å²) in [4.78, 5) is -0.0886. The minimum Gasteiger partial charge on any atom is -0.207 e. The second-order valence-corrected chi connectivity index (χ2v) is 4.71. The molecule has 0 spiro atoms. The monoisotopic (exact) mass is 278 g/mol. The van der Waals surface area contributed by atoms with Crippen molar-refractivity contribution in [2.75, 3.05) is 0 Å². The Labute approximate surface area is 103 Å². The minimum atomic E-state index is -0.176. The van der Waals surface area contributed by atoms with Gasteiger partial charge in [0.05, 0.1) is 4.83 Å². The molecular formula is C14H12BrF. The zero-order valence-electron chi connectivity index (χ0n) is 8.95. The van der Waals surface area contributed by atoms with Crippen molar-refractivity contribution >= 4 is 15.9 Å². The first-order valence-corrected chi connectivity index (χ1v) is 6.05. The summed E-state index contributed by atoms with van der Waals surface area (Å²) in [5.74, 6) is -0.176. The largest absolute Gasteiger partial charge is 0.207 e. The van der Waals surface area contributed by atoms with E-state index in [1.54, 1.807) is 12.1 Å². The third kappa shape index (κ3) is 2.33. The standard InChI is InChI=1S/C14H12BrF/c1-10-6-8-11(9-7-10)14(15)12-4-2-3-5-13(12)16/h2-9,14H,1H3. The molecule has 0 aliphatic rings. The fraction of sp³-hybridized carbons (Fsp3) is 0.143. The van der Waals surface area contributed by atoms with Crippen LogP contribution in [0.2, 0.25) is 0 Å². The highest BCUT2D eigenvalue weighted by molar-refractivity contribution is 9.09. The third-order valence-corrected chi connectivity index (χ3v) is 3.57. The number of hydrogen-bond donors (Lipinski definition) is 0. The van der Waals surface area contributed by atoms with E-state index in [2.05, 4.69) is 15.9 Å². The van der Waals surface area contributed by atoms with Gasteiger partial charge in [0.1, 0.15) is 5.82 Å². The Morgan fingerprint density at radius 1 is 1.00 bits per heavy atom. The third-order valence-electron chi connectivity index (χ3n) is 2.55. The van der Waals surface area contributed by atoms with Crippen LogP contribution in [0.3, 0.4) is 0 Å². The van der Waals surface area contributed by atoms with E-state index in [4.69, 9.17) is 0 Å². The Hall–Kier alpha value is -1.15. The highest BCUT2D eigenvalue weighted by Crippen LogP contribution is 2.32. The molecule has 1 unspecified atom stereocenters. The van der Waals surface area contributed by atoms with Gasteiger partial charge in [0, 0.05) is 5.56 Å². The average Bonchev–Trinajstić information content (AvgIpc) is 2.30. The van der Waals surface area contributed by atoms with E-state index >= 15 is 0 Å². The van der Waals surface area contributed by atoms with Crippen LogP contribution in [0.25, 0.3) is 0 Å². The lowest BCUT2D eigenvalue weighted by molar-refractivity contribution is 0.613. The first-order chi connectivity index (χ1) is 7.68. The van der Waals surface area contributed by atoms with E-state index < -0.39 is 0 Å². The Morgan fingerprint density at radius 3 is 2.25 bits per heavy atom. The van der Waals surface area contributed by atoms with Crippen LogP contribution in [0.4, 0.5) is 4.39 Å². The Bertz CT molecular complexity index is 476. The molecule has 2 aromatic carbocycles. The molecule has 0 fully saturated rings. The quantitative estimate of drug-likeness (QED) is 0.704. The van der Waals surface area contributed by atoms with Gasteiger partial charge in [-0.15, -0.1) is 0 Å². The number of benzene rings is 2. The van der Waals surface area contributed by atoms with Gasteiger partial charge < -0.3 is 0 Å². The Morgan fingerprint density at radius 2 is 1.62 bits per heavy atom. The fourth-order valence-corrected chi connectivity index (χ4v) is 2.27. The van der Waals surface area contributed by atoms with Crippen LogP contribution < -0.4 is 0 Å². The predicted molar refractivity (Wildman–Crippen MR) is 68.3 cm³/mol. The molecule has 0 aliphatic heterocycles. The molecule has 0 bridgehead atoms. The summed E-state index contributed by atoms with van der Waals surface area (Å²) >= 11 is 3.53. The molecule has 2 aromatic rings. The molecule has 0 amide bonds. The van der Waals surface area contributed by atoms with Gasteiger partial charge in [-0.25, -0.2) is 4.39 Å². The normalized spacial score (nSPS) is 12.4. The summed E-state index contributed by atoms with van der Waals surface area (Å²) in [7, 11) is 0. The molecule has 0 N–H and O–H groups in total. The number of halogens is 2. The summed E-state index contributed by atoms with van der Waals surface area (Å²) in [6.07, 6.45) is 0. The molecule has 82 valence electrons. The number of alkyl halides is 1. The zero-order valence-corrected chi connectivity index (χ0v) is 10.5. The Kier molecular flexibility index (Phi) is 3.39. The molecule has 16 heavy (non-hydrogen) atoms. The van der Waals surface area contributed by atoms with Crippen LogP contribution in [0.1, 0.15) is 21.5 Å². The van der Waals surface area contributed by atoms with E-state index in [0.29, 0.717) is 5.56 Å². The molecule has 1 atom stereocenters. The SMILES string of the molecule is Cc1ccc(C(Br)c2ccccc2F)cc1. The number of hydrogen-bond acceptors (Lipinski definition) is 0. The molecule has 0 heterocycles. The van der Waals surface area contributed by atoms with E-state index in [9.17, 15) is 4.39 Å². The van der Waals surface area contributed by atoms with Crippen LogP contribution in [0, 0.1) is 12.7 Å². The van der Waals surface area contributed by atoms with E-state index in [-0.39, 0.29) is 10.6 Å². The summed E-state index contributed by atoms with van der Waals surface area (Å²) in [5.41, 5.74) is 2.94.